The van der Waals surface area contributed by atoms with Gasteiger partial charge in [-0.3, -0.25) is 10.1 Å². The van der Waals surface area contributed by atoms with E-state index in [4.69, 9.17) is 4.74 Å². The molecule has 0 radical (unpaired) electrons. The Hall–Kier alpha value is -3.48. The van der Waals surface area contributed by atoms with Crippen molar-refractivity contribution >= 4 is 33.6 Å². The van der Waals surface area contributed by atoms with Crippen molar-refractivity contribution in [3.05, 3.63) is 57.9 Å². The molecule has 1 N–H and O–H groups in total. The predicted octanol–water partition coefficient (Wildman–Crippen LogP) is 3.94. The number of benzene rings is 1. The molecule has 1 amide bonds. The number of aromatic nitrogens is 3. The number of carbonyl (C=O) groups is 1. The summed E-state index contributed by atoms with van der Waals surface area (Å²) >= 11 is 1.29. The summed E-state index contributed by atoms with van der Waals surface area (Å²) in [6.45, 7) is 10.9. The van der Waals surface area contributed by atoms with Crippen LogP contribution in [0, 0.1) is 39.0 Å². The van der Waals surface area contributed by atoms with Crippen LogP contribution < -0.4 is 10.2 Å². The number of nitriles is 1. The summed E-state index contributed by atoms with van der Waals surface area (Å²) in [6, 6.07) is 10.2. The van der Waals surface area contributed by atoms with Gasteiger partial charge in [-0.2, -0.15) is 5.26 Å². The largest absolute Gasteiger partial charge is 0.378 e. The molecule has 1 aliphatic rings. The van der Waals surface area contributed by atoms with E-state index in [1.807, 2.05) is 32.0 Å². The molecule has 0 saturated carbocycles. The molecule has 1 fully saturated rings. The zero-order valence-electron chi connectivity index (χ0n) is 19.2. The lowest BCUT2D eigenvalue weighted by atomic mass is 10.1. The van der Waals surface area contributed by atoms with Gasteiger partial charge in [-0.25, -0.2) is 0 Å². The van der Waals surface area contributed by atoms with Gasteiger partial charge in [0.05, 0.1) is 18.9 Å². The Balaban J connectivity index is 1.58. The van der Waals surface area contributed by atoms with E-state index in [2.05, 4.69) is 51.0 Å². The second-order valence-corrected chi connectivity index (χ2v) is 8.97. The Bertz CT molecular complexity index is 1240. The lowest BCUT2D eigenvalue weighted by molar-refractivity contribution is -0.112. The smallest absolute Gasteiger partial charge is 0.268 e. The quantitative estimate of drug-likeness (QED) is 0.456. The fourth-order valence-corrected chi connectivity index (χ4v) is 4.84. The van der Waals surface area contributed by atoms with E-state index in [1.54, 1.807) is 6.08 Å². The van der Waals surface area contributed by atoms with Crippen LogP contribution in [0.25, 0.3) is 11.8 Å². The van der Waals surface area contributed by atoms with Crippen LogP contribution in [-0.2, 0) is 9.53 Å². The molecule has 1 saturated heterocycles. The number of nitrogens with zero attached hydrogens (tertiary/aromatic N) is 5. The molecule has 0 atom stereocenters. The molecule has 1 aromatic carbocycles. The minimum absolute atomic E-state index is 0.0138. The number of rotatable bonds is 5. The van der Waals surface area contributed by atoms with Crippen LogP contribution in [0.15, 0.2) is 29.8 Å². The van der Waals surface area contributed by atoms with Crippen LogP contribution in [0.3, 0.4) is 0 Å². The minimum atomic E-state index is -0.501. The highest BCUT2D eigenvalue weighted by molar-refractivity contribution is 7.19. The highest BCUT2D eigenvalue weighted by Crippen LogP contribution is 2.28. The molecule has 3 aromatic rings. The first-order chi connectivity index (χ1) is 15.9. The summed E-state index contributed by atoms with van der Waals surface area (Å²) in [5.41, 5.74) is 6.30. The van der Waals surface area contributed by atoms with Crippen molar-refractivity contribution in [1.82, 2.24) is 14.8 Å². The molecule has 2 aromatic heterocycles. The average molecular weight is 463 g/mol. The summed E-state index contributed by atoms with van der Waals surface area (Å²) in [4.78, 5) is 14.9. The molecule has 8 nitrogen and oxygen atoms in total. The molecule has 4 rings (SSSR count). The summed E-state index contributed by atoms with van der Waals surface area (Å²) in [5.74, 6) is -0.501. The number of aryl methyl sites for hydroxylation is 3. The van der Waals surface area contributed by atoms with Crippen molar-refractivity contribution in [1.29, 1.82) is 5.26 Å². The molecule has 33 heavy (non-hydrogen) atoms. The molecule has 9 heteroatoms. The van der Waals surface area contributed by atoms with Crippen LogP contribution in [-0.4, -0.2) is 47.0 Å². The predicted molar refractivity (Wildman–Crippen MR) is 130 cm³/mol. The van der Waals surface area contributed by atoms with Gasteiger partial charge >= 0.3 is 0 Å². The van der Waals surface area contributed by atoms with Crippen molar-refractivity contribution in [2.45, 2.75) is 27.7 Å². The normalized spacial score (nSPS) is 14.3. The standard InChI is InChI=1S/C24H26N6O2S/c1-15-6-5-7-16(2)21(15)30-17(3)12-19(18(30)4)13-20(14-25)22(31)26-23-27-28-24(33-23)29-8-10-32-11-9-29/h5-7,12-13H,8-11H2,1-4H3,(H,26,27,31)/b20-13-. The topological polar surface area (TPSA) is 96.1 Å². The van der Waals surface area contributed by atoms with Gasteiger partial charge in [0, 0.05) is 24.5 Å². The first-order valence-corrected chi connectivity index (χ1v) is 11.6. The fourth-order valence-electron chi connectivity index (χ4n) is 4.05. The Morgan fingerprint density at radius 2 is 1.88 bits per heavy atom. The van der Waals surface area contributed by atoms with E-state index in [1.165, 1.54) is 11.3 Å². The summed E-state index contributed by atoms with van der Waals surface area (Å²) in [5, 5.41) is 21.7. The average Bonchev–Trinajstić information content (AvgIpc) is 3.37. The minimum Gasteiger partial charge on any atom is -0.378 e. The number of amides is 1. The fraction of sp³-hybridized carbons (Fsp3) is 0.333. The number of para-hydroxylation sites is 1. The van der Waals surface area contributed by atoms with Crippen molar-refractivity contribution < 1.29 is 9.53 Å². The molecule has 170 valence electrons. The van der Waals surface area contributed by atoms with Gasteiger partial charge in [0.2, 0.25) is 10.3 Å². The summed E-state index contributed by atoms with van der Waals surface area (Å²) in [7, 11) is 0. The number of nitrogens with one attached hydrogen (secondary N) is 1. The van der Waals surface area contributed by atoms with Gasteiger partial charge in [0.25, 0.3) is 5.91 Å². The SMILES string of the molecule is Cc1cccc(C)c1-n1c(C)cc(/C=C(/C#N)C(=O)Nc2nnc(N3CCOCC3)s2)c1C. The van der Waals surface area contributed by atoms with Crippen LogP contribution in [0.2, 0.25) is 0 Å². The first-order valence-electron chi connectivity index (χ1n) is 10.7. The molecule has 1 aliphatic heterocycles. The van der Waals surface area contributed by atoms with Gasteiger partial charge in [-0.05, 0) is 56.5 Å². The summed E-state index contributed by atoms with van der Waals surface area (Å²) in [6.07, 6.45) is 1.63. The zero-order chi connectivity index (χ0) is 23.5. The highest BCUT2D eigenvalue weighted by Gasteiger charge is 2.19. The van der Waals surface area contributed by atoms with E-state index in [-0.39, 0.29) is 5.57 Å². The van der Waals surface area contributed by atoms with Crippen molar-refractivity contribution in [3.63, 3.8) is 0 Å². The molecule has 3 heterocycles. The van der Waals surface area contributed by atoms with Gasteiger partial charge in [0.1, 0.15) is 11.6 Å². The van der Waals surface area contributed by atoms with Gasteiger partial charge in [0.15, 0.2) is 0 Å². The number of hydrogen-bond acceptors (Lipinski definition) is 7. The van der Waals surface area contributed by atoms with Gasteiger partial charge in [-0.1, -0.05) is 29.5 Å². The van der Waals surface area contributed by atoms with E-state index < -0.39 is 5.91 Å². The van der Waals surface area contributed by atoms with E-state index in [0.717, 1.165) is 52.0 Å². The number of hydrogen-bond donors (Lipinski definition) is 1. The van der Waals surface area contributed by atoms with E-state index in [0.29, 0.717) is 18.3 Å². The number of carbonyl (C=O) groups excluding carboxylic acids is 1. The maximum atomic E-state index is 12.8. The lowest BCUT2D eigenvalue weighted by Gasteiger charge is -2.25. The molecule has 0 aliphatic carbocycles. The lowest BCUT2D eigenvalue weighted by Crippen LogP contribution is -2.36. The van der Waals surface area contributed by atoms with Crippen LogP contribution >= 0.6 is 11.3 Å². The third-order valence-electron chi connectivity index (χ3n) is 5.71. The Morgan fingerprint density at radius 1 is 1.18 bits per heavy atom. The second-order valence-electron chi connectivity index (χ2n) is 8.02. The number of ether oxygens (including phenoxy) is 1. The number of morpholine rings is 1. The van der Waals surface area contributed by atoms with Crippen LogP contribution in [0.1, 0.15) is 28.1 Å². The Kier molecular flexibility index (Phi) is 6.58. The van der Waals surface area contributed by atoms with Gasteiger partial charge in [-0.15, -0.1) is 10.2 Å². The summed E-state index contributed by atoms with van der Waals surface area (Å²) < 4.78 is 7.53. The van der Waals surface area contributed by atoms with Crippen LogP contribution in [0.5, 0.6) is 0 Å². The van der Waals surface area contributed by atoms with Crippen LogP contribution in [0.4, 0.5) is 10.3 Å². The van der Waals surface area contributed by atoms with E-state index in [9.17, 15) is 10.1 Å². The van der Waals surface area contributed by atoms with E-state index >= 15 is 0 Å². The zero-order valence-corrected chi connectivity index (χ0v) is 20.0. The van der Waals surface area contributed by atoms with Crippen molar-refractivity contribution in [3.8, 4) is 11.8 Å². The Labute approximate surface area is 197 Å². The van der Waals surface area contributed by atoms with Crippen molar-refractivity contribution in [2.24, 2.45) is 0 Å². The third kappa shape index (κ3) is 4.67. The first kappa shape index (κ1) is 22.7. The maximum absolute atomic E-state index is 12.8. The monoisotopic (exact) mass is 462 g/mol. The Morgan fingerprint density at radius 3 is 2.55 bits per heavy atom. The maximum Gasteiger partial charge on any atom is 0.268 e. The number of anilines is 2. The highest BCUT2D eigenvalue weighted by atomic mass is 32.1. The second kappa shape index (κ2) is 9.57. The molecular formula is C24H26N6O2S. The van der Waals surface area contributed by atoms with Gasteiger partial charge < -0.3 is 14.2 Å². The molecule has 0 spiro atoms. The third-order valence-corrected chi connectivity index (χ3v) is 6.61. The molecule has 0 bridgehead atoms. The molecule has 0 unspecified atom stereocenters. The molecular weight excluding hydrogens is 436 g/mol. The van der Waals surface area contributed by atoms with Crippen molar-refractivity contribution in [2.75, 3.05) is 36.5 Å².